The van der Waals surface area contributed by atoms with Crippen LogP contribution in [0.4, 0.5) is 30.7 Å². The number of aliphatic hydroxyl groups excluding tert-OH is 1. The topological polar surface area (TPSA) is 143 Å². The van der Waals surface area contributed by atoms with Gasteiger partial charge in [0.1, 0.15) is 5.82 Å². The molecule has 0 fully saturated rings. The molecule has 2 aromatic heterocycles. The second-order valence-electron chi connectivity index (χ2n) is 12.1. The molecule has 0 bridgehead atoms. The number of guanidine groups is 1. The summed E-state index contributed by atoms with van der Waals surface area (Å²) in [4.78, 5) is 42.7. The smallest absolute Gasteiger partial charge is 0.394 e. The van der Waals surface area contributed by atoms with Gasteiger partial charge in [-0.25, -0.2) is 19.4 Å². The minimum Gasteiger partial charge on any atom is -0.394 e. The van der Waals surface area contributed by atoms with Crippen LogP contribution in [0.2, 0.25) is 0 Å². The standard InChI is InChI=1S/C33H29F7N8O3/c34-23-5-3-22(4-6-23)31(8-1-9-32(35,36)37)29(51)48(30(41)45-31)15-19-2-7-25(33(38,39)40)24(12-19)28(50)46-16-20-13-42-27(44-26(20)18-46)21-14-43-47(17-21)10-11-49/h2-7,12-14,17,49H,1,8-11,15-16,18H2,(H2,41,45)/t31-/m1/s1. The summed E-state index contributed by atoms with van der Waals surface area (Å²) in [5, 5.41) is 13.2. The second-order valence-corrected chi connectivity index (χ2v) is 12.1. The van der Waals surface area contributed by atoms with E-state index in [0.29, 0.717) is 22.9 Å². The van der Waals surface area contributed by atoms with Gasteiger partial charge in [0.2, 0.25) is 0 Å². The molecule has 3 N–H and O–H groups in total. The van der Waals surface area contributed by atoms with E-state index in [1.165, 1.54) is 34.1 Å². The summed E-state index contributed by atoms with van der Waals surface area (Å²) in [5.41, 5.74) is 3.86. The monoisotopic (exact) mass is 718 g/mol. The second kappa shape index (κ2) is 13.4. The molecule has 6 rings (SSSR count). The Morgan fingerprint density at radius 2 is 1.76 bits per heavy atom. The SMILES string of the molecule is NC1=N[C@](CCCC(F)(F)F)(c2ccc(F)cc2)C(=O)N1Cc1ccc(C(F)(F)F)c(C(=O)N2Cc3cnc(-c4cnn(CCO)c4)nc3C2)c1. The first-order valence-electron chi connectivity index (χ1n) is 15.6. The minimum atomic E-state index is -4.93. The number of hydrogen-bond donors (Lipinski definition) is 2. The number of alkyl halides is 6. The number of carbonyl (C=O) groups is 2. The van der Waals surface area contributed by atoms with Crippen LogP contribution < -0.4 is 5.73 Å². The van der Waals surface area contributed by atoms with Crippen LogP contribution in [0.3, 0.4) is 0 Å². The summed E-state index contributed by atoms with van der Waals surface area (Å²) in [6, 6.07) is 7.22. The lowest BCUT2D eigenvalue weighted by atomic mass is 9.84. The Bertz CT molecular complexity index is 2000. The van der Waals surface area contributed by atoms with Crippen LogP contribution in [0.5, 0.6) is 0 Å². The number of amides is 2. The molecule has 0 spiro atoms. The molecular weight excluding hydrogens is 689 g/mol. The van der Waals surface area contributed by atoms with Gasteiger partial charge in [-0.2, -0.15) is 31.4 Å². The first-order valence-corrected chi connectivity index (χ1v) is 15.6. The summed E-state index contributed by atoms with van der Waals surface area (Å²) in [7, 11) is 0. The van der Waals surface area contributed by atoms with Gasteiger partial charge in [0.25, 0.3) is 11.8 Å². The Morgan fingerprint density at radius 3 is 2.45 bits per heavy atom. The molecule has 2 aromatic carbocycles. The van der Waals surface area contributed by atoms with Crippen molar-refractivity contribution < 1.29 is 45.4 Å². The van der Waals surface area contributed by atoms with E-state index in [1.54, 1.807) is 6.20 Å². The maximum Gasteiger partial charge on any atom is 0.417 e. The third-order valence-electron chi connectivity index (χ3n) is 8.63. The van der Waals surface area contributed by atoms with Gasteiger partial charge in [0.05, 0.1) is 54.8 Å². The number of rotatable bonds is 10. The molecule has 0 saturated heterocycles. The Labute approximate surface area is 285 Å². The van der Waals surface area contributed by atoms with Gasteiger partial charge < -0.3 is 15.7 Å². The van der Waals surface area contributed by atoms with Gasteiger partial charge in [-0.1, -0.05) is 18.2 Å². The Kier molecular flexibility index (Phi) is 9.30. The Morgan fingerprint density at radius 1 is 1.02 bits per heavy atom. The molecule has 11 nitrogen and oxygen atoms in total. The van der Waals surface area contributed by atoms with Gasteiger partial charge in [0, 0.05) is 30.9 Å². The predicted molar refractivity (Wildman–Crippen MR) is 166 cm³/mol. The number of nitrogens with zero attached hydrogens (tertiary/aromatic N) is 7. The first kappa shape index (κ1) is 35.4. The van der Waals surface area contributed by atoms with Crippen molar-refractivity contribution in [2.75, 3.05) is 6.61 Å². The molecule has 51 heavy (non-hydrogen) atoms. The van der Waals surface area contributed by atoms with E-state index in [2.05, 4.69) is 20.1 Å². The highest BCUT2D eigenvalue weighted by Gasteiger charge is 2.49. The normalized spacial score (nSPS) is 17.6. The average Bonchev–Trinajstić information content (AvgIpc) is 3.77. The van der Waals surface area contributed by atoms with E-state index >= 15 is 0 Å². The Balaban J connectivity index is 1.26. The number of aromatic nitrogens is 4. The molecule has 0 saturated carbocycles. The van der Waals surface area contributed by atoms with E-state index < -0.39 is 78.4 Å². The zero-order chi connectivity index (χ0) is 36.7. The third-order valence-corrected chi connectivity index (χ3v) is 8.63. The van der Waals surface area contributed by atoms with Crippen molar-refractivity contribution in [1.82, 2.24) is 29.5 Å². The molecule has 2 amide bonds. The average molecular weight is 719 g/mol. The number of aliphatic imine (C=N–C) groups is 1. The third kappa shape index (κ3) is 7.26. The molecule has 18 heteroatoms. The summed E-state index contributed by atoms with van der Waals surface area (Å²) in [5.74, 6) is -2.62. The van der Waals surface area contributed by atoms with E-state index in [1.807, 2.05) is 0 Å². The number of hydrogen-bond acceptors (Lipinski definition) is 8. The van der Waals surface area contributed by atoms with E-state index in [-0.39, 0.29) is 43.2 Å². The number of aliphatic hydroxyl groups is 1. The predicted octanol–water partition coefficient (Wildman–Crippen LogP) is 4.93. The highest BCUT2D eigenvalue weighted by atomic mass is 19.4. The van der Waals surface area contributed by atoms with E-state index in [9.17, 15) is 40.3 Å². The number of benzene rings is 2. The molecule has 1 atom stereocenters. The van der Waals surface area contributed by atoms with Crippen molar-refractivity contribution in [2.24, 2.45) is 10.7 Å². The van der Waals surface area contributed by atoms with Crippen molar-refractivity contribution in [3.05, 3.63) is 100 Å². The fourth-order valence-electron chi connectivity index (χ4n) is 6.16. The molecule has 4 aromatic rings. The van der Waals surface area contributed by atoms with Gasteiger partial charge in [-0.3, -0.25) is 19.2 Å². The highest BCUT2D eigenvalue weighted by molar-refractivity contribution is 6.07. The zero-order valence-electron chi connectivity index (χ0n) is 26.5. The number of nitrogens with two attached hydrogens (primary N) is 1. The summed E-state index contributed by atoms with van der Waals surface area (Å²) < 4.78 is 97.0. The minimum absolute atomic E-state index is 0.0572. The first-order chi connectivity index (χ1) is 24.1. The van der Waals surface area contributed by atoms with Crippen molar-refractivity contribution in [1.29, 1.82) is 0 Å². The molecule has 0 aliphatic carbocycles. The largest absolute Gasteiger partial charge is 0.417 e. The fourth-order valence-corrected chi connectivity index (χ4v) is 6.16. The molecule has 2 aliphatic heterocycles. The summed E-state index contributed by atoms with van der Waals surface area (Å²) in [6.07, 6.45) is -7.07. The van der Waals surface area contributed by atoms with Crippen LogP contribution in [0.15, 0.2) is 66.0 Å². The van der Waals surface area contributed by atoms with Gasteiger partial charge in [0.15, 0.2) is 17.3 Å². The summed E-state index contributed by atoms with van der Waals surface area (Å²) in [6.45, 7) is -0.563. The quantitative estimate of drug-likeness (QED) is 0.222. The van der Waals surface area contributed by atoms with E-state index in [0.717, 1.165) is 29.2 Å². The fraction of sp³-hybridized carbons (Fsp3) is 0.333. The van der Waals surface area contributed by atoms with Crippen molar-refractivity contribution >= 4 is 17.8 Å². The van der Waals surface area contributed by atoms with E-state index in [4.69, 9.17) is 10.8 Å². The number of halogens is 7. The maximum absolute atomic E-state index is 14.2. The lowest BCUT2D eigenvalue weighted by Gasteiger charge is -2.27. The number of carbonyl (C=O) groups excluding carboxylic acids is 2. The lowest BCUT2D eigenvalue weighted by Crippen LogP contribution is -2.42. The molecule has 2 aliphatic rings. The molecular formula is C33H29F7N8O3. The zero-order valence-corrected chi connectivity index (χ0v) is 26.5. The lowest BCUT2D eigenvalue weighted by molar-refractivity contribution is -0.139. The van der Waals surface area contributed by atoms with Crippen LogP contribution >= 0.6 is 0 Å². The molecule has 4 heterocycles. The van der Waals surface area contributed by atoms with Crippen LogP contribution in [0.25, 0.3) is 11.4 Å². The van der Waals surface area contributed by atoms with Crippen LogP contribution in [0.1, 0.15) is 57.6 Å². The highest BCUT2D eigenvalue weighted by Crippen LogP contribution is 2.40. The maximum atomic E-state index is 14.2. The Hall–Kier alpha value is -5.39. The van der Waals surface area contributed by atoms with Crippen molar-refractivity contribution in [2.45, 2.75) is 63.3 Å². The van der Waals surface area contributed by atoms with Gasteiger partial charge in [-0.05, 0) is 48.2 Å². The van der Waals surface area contributed by atoms with Crippen molar-refractivity contribution in [3.63, 3.8) is 0 Å². The van der Waals surface area contributed by atoms with Crippen LogP contribution in [0, 0.1) is 5.82 Å². The molecule has 0 radical (unpaired) electrons. The van der Waals surface area contributed by atoms with Crippen LogP contribution in [-0.4, -0.2) is 65.2 Å². The molecule has 268 valence electrons. The van der Waals surface area contributed by atoms with Crippen molar-refractivity contribution in [3.8, 4) is 11.4 Å². The van der Waals surface area contributed by atoms with Gasteiger partial charge >= 0.3 is 12.4 Å². The molecule has 0 unspecified atom stereocenters. The van der Waals surface area contributed by atoms with Crippen LogP contribution in [-0.2, 0) is 42.7 Å². The summed E-state index contributed by atoms with van der Waals surface area (Å²) >= 11 is 0. The van der Waals surface area contributed by atoms with Gasteiger partial charge in [-0.15, -0.1) is 0 Å². The number of fused-ring (bicyclic) bond motifs is 1.